The van der Waals surface area contributed by atoms with Crippen LogP contribution in [0.3, 0.4) is 0 Å². The van der Waals surface area contributed by atoms with Crippen LogP contribution in [0.15, 0.2) is 18.2 Å². The maximum Gasteiger partial charge on any atom is 0.169 e. The Balaban J connectivity index is 2.19. The lowest BCUT2D eigenvalue weighted by Crippen LogP contribution is -2.62. The molecule has 1 aromatic carbocycles. The molecule has 0 aromatic heterocycles. The summed E-state index contributed by atoms with van der Waals surface area (Å²) >= 11 is 0. The van der Waals surface area contributed by atoms with Gasteiger partial charge in [-0.1, -0.05) is 26.0 Å². The molecule has 4 heteroatoms. The Hall–Kier alpha value is -1.13. The predicted molar refractivity (Wildman–Crippen MR) is 84.1 cm³/mol. The van der Waals surface area contributed by atoms with Gasteiger partial charge in [0.2, 0.25) is 0 Å². The van der Waals surface area contributed by atoms with Crippen molar-refractivity contribution >= 4 is 0 Å². The quantitative estimate of drug-likeness (QED) is 0.924. The van der Waals surface area contributed by atoms with Crippen molar-refractivity contribution in [2.45, 2.75) is 45.8 Å². The molecule has 1 N–H and O–H groups in total. The van der Waals surface area contributed by atoms with E-state index in [0.717, 1.165) is 13.1 Å². The second-order valence-electron chi connectivity index (χ2n) is 6.86. The minimum atomic E-state index is -0.240. The zero-order valence-corrected chi connectivity index (χ0v) is 13.7. The Morgan fingerprint density at radius 3 is 2.76 bits per heavy atom. The minimum absolute atomic E-state index is 0.0148. The van der Waals surface area contributed by atoms with E-state index in [9.17, 15) is 4.39 Å². The van der Waals surface area contributed by atoms with Gasteiger partial charge in [0.1, 0.15) is 0 Å². The maximum atomic E-state index is 14.4. The summed E-state index contributed by atoms with van der Waals surface area (Å²) in [5.74, 6) is 0.648. The van der Waals surface area contributed by atoms with Crippen molar-refractivity contribution in [3.8, 4) is 5.75 Å². The first-order chi connectivity index (χ1) is 9.85. The molecular weight excluding hydrogens is 267 g/mol. The Labute approximate surface area is 127 Å². The number of hydrogen-bond acceptors (Lipinski definition) is 3. The summed E-state index contributed by atoms with van der Waals surface area (Å²) in [6.45, 7) is 11.3. The summed E-state index contributed by atoms with van der Waals surface area (Å²) in [6, 6.07) is 5.82. The van der Waals surface area contributed by atoms with Crippen LogP contribution >= 0.6 is 0 Å². The molecule has 0 saturated carbocycles. The monoisotopic (exact) mass is 294 g/mol. The molecule has 1 saturated heterocycles. The number of halogens is 1. The second-order valence-corrected chi connectivity index (χ2v) is 6.86. The largest absolute Gasteiger partial charge is 0.494 e. The Morgan fingerprint density at radius 1 is 1.43 bits per heavy atom. The van der Waals surface area contributed by atoms with E-state index in [1.54, 1.807) is 6.07 Å². The molecule has 0 radical (unpaired) electrons. The molecule has 1 aliphatic rings. The van der Waals surface area contributed by atoms with Crippen LogP contribution in [0.1, 0.15) is 33.3 Å². The van der Waals surface area contributed by atoms with Crippen molar-refractivity contribution in [2.75, 3.05) is 20.2 Å². The third kappa shape index (κ3) is 3.55. The van der Waals surface area contributed by atoms with E-state index in [0.29, 0.717) is 29.8 Å². The fourth-order valence-corrected chi connectivity index (χ4v) is 2.81. The average Bonchev–Trinajstić information content (AvgIpc) is 2.42. The smallest absolute Gasteiger partial charge is 0.169 e. The molecule has 1 unspecified atom stereocenters. The van der Waals surface area contributed by atoms with Crippen molar-refractivity contribution in [3.63, 3.8) is 0 Å². The third-order valence-electron chi connectivity index (χ3n) is 4.50. The van der Waals surface area contributed by atoms with Crippen LogP contribution < -0.4 is 10.1 Å². The first kappa shape index (κ1) is 16.2. The van der Waals surface area contributed by atoms with Gasteiger partial charge in [0.05, 0.1) is 7.11 Å². The number of benzene rings is 1. The molecule has 1 aromatic rings. The molecule has 1 heterocycles. The van der Waals surface area contributed by atoms with Crippen molar-refractivity contribution in [2.24, 2.45) is 5.92 Å². The molecule has 0 aliphatic carbocycles. The summed E-state index contributed by atoms with van der Waals surface area (Å²) < 4.78 is 19.4. The summed E-state index contributed by atoms with van der Waals surface area (Å²) in [5, 5.41) is 3.60. The number of nitrogens with one attached hydrogen (secondary N) is 1. The van der Waals surface area contributed by atoms with E-state index in [1.807, 2.05) is 12.1 Å². The first-order valence-corrected chi connectivity index (χ1v) is 7.65. The summed E-state index contributed by atoms with van der Waals surface area (Å²) in [4.78, 5) is 2.37. The lowest BCUT2D eigenvalue weighted by atomic mass is 9.92. The first-order valence-electron chi connectivity index (χ1n) is 7.65. The van der Waals surface area contributed by atoms with Gasteiger partial charge in [0.25, 0.3) is 0 Å². The van der Waals surface area contributed by atoms with Crippen LogP contribution in [0.2, 0.25) is 0 Å². The van der Waals surface area contributed by atoms with Gasteiger partial charge in [-0.15, -0.1) is 0 Å². The molecular formula is C17H27FN2O. The molecule has 21 heavy (non-hydrogen) atoms. The van der Waals surface area contributed by atoms with E-state index in [1.165, 1.54) is 7.11 Å². The van der Waals surface area contributed by atoms with Gasteiger partial charge in [-0.25, -0.2) is 4.39 Å². The van der Waals surface area contributed by atoms with Crippen LogP contribution in [0.4, 0.5) is 4.39 Å². The molecule has 2 rings (SSSR count). The van der Waals surface area contributed by atoms with Gasteiger partial charge >= 0.3 is 0 Å². The molecule has 1 aliphatic heterocycles. The highest BCUT2D eigenvalue weighted by Crippen LogP contribution is 2.27. The lowest BCUT2D eigenvalue weighted by Gasteiger charge is -2.47. The van der Waals surface area contributed by atoms with E-state index in [4.69, 9.17) is 4.74 Å². The fraction of sp³-hybridized carbons (Fsp3) is 0.647. The molecule has 0 amide bonds. The lowest BCUT2D eigenvalue weighted by molar-refractivity contribution is 0.0464. The SMILES string of the molecule is COc1cccc(CN2CC(C(C)C)NCC2(C)C)c1F. The van der Waals surface area contributed by atoms with Crippen LogP contribution in [0.25, 0.3) is 0 Å². The Kier molecular flexibility index (Phi) is 4.89. The van der Waals surface area contributed by atoms with Crippen LogP contribution in [-0.4, -0.2) is 36.7 Å². The molecule has 1 atom stereocenters. The average molecular weight is 294 g/mol. The highest BCUT2D eigenvalue weighted by Gasteiger charge is 2.35. The molecule has 0 bridgehead atoms. The van der Waals surface area contributed by atoms with Crippen LogP contribution in [0, 0.1) is 11.7 Å². The molecule has 1 fully saturated rings. The second kappa shape index (κ2) is 6.32. The van der Waals surface area contributed by atoms with E-state index >= 15 is 0 Å². The zero-order valence-electron chi connectivity index (χ0n) is 13.7. The summed E-state index contributed by atoms with van der Waals surface area (Å²) in [6.07, 6.45) is 0. The topological polar surface area (TPSA) is 24.5 Å². The number of methoxy groups -OCH3 is 1. The van der Waals surface area contributed by atoms with Crippen LogP contribution in [-0.2, 0) is 6.54 Å². The van der Waals surface area contributed by atoms with Gasteiger partial charge in [-0.05, 0) is 25.8 Å². The molecule has 118 valence electrons. The van der Waals surface area contributed by atoms with Gasteiger partial charge in [-0.3, -0.25) is 4.90 Å². The number of nitrogens with zero attached hydrogens (tertiary/aromatic N) is 1. The van der Waals surface area contributed by atoms with Crippen molar-refractivity contribution in [3.05, 3.63) is 29.6 Å². The number of rotatable bonds is 4. The maximum absolute atomic E-state index is 14.4. The predicted octanol–water partition coefficient (Wildman–Crippen LogP) is 3.04. The van der Waals surface area contributed by atoms with Crippen molar-refractivity contribution in [1.29, 1.82) is 0 Å². The highest BCUT2D eigenvalue weighted by molar-refractivity contribution is 5.31. The number of hydrogen-bond donors (Lipinski definition) is 1. The van der Waals surface area contributed by atoms with Gasteiger partial charge in [0.15, 0.2) is 11.6 Å². The van der Waals surface area contributed by atoms with Gasteiger partial charge < -0.3 is 10.1 Å². The minimum Gasteiger partial charge on any atom is -0.494 e. The van der Waals surface area contributed by atoms with Gasteiger partial charge in [-0.2, -0.15) is 0 Å². The molecule has 3 nitrogen and oxygen atoms in total. The number of ether oxygens (including phenoxy) is 1. The van der Waals surface area contributed by atoms with E-state index in [-0.39, 0.29) is 11.4 Å². The standard InChI is InChI=1S/C17H27FN2O/c1-12(2)14-10-20(17(3,4)11-19-14)9-13-7-6-8-15(21-5)16(13)18/h6-8,12,14,19H,9-11H2,1-5H3. The van der Waals surface area contributed by atoms with Crippen molar-refractivity contribution < 1.29 is 9.13 Å². The summed E-state index contributed by atoms with van der Waals surface area (Å²) in [7, 11) is 1.51. The fourth-order valence-electron chi connectivity index (χ4n) is 2.81. The highest BCUT2D eigenvalue weighted by atomic mass is 19.1. The van der Waals surface area contributed by atoms with E-state index < -0.39 is 0 Å². The van der Waals surface area contributed by atoms with E-state index in [2.05, 4.69) is 37.9 Å². The normalized spacial score (nSPS) is 22.5. The van der Waals surface area contributed by atoms with Crippen LogP contribution in [0.5, 0.6) is 5.75 Å². The summed E-state index contributed by atoms with van der Waals surface area (Å²) in [5.41, 5.74) is 0.716. The Bertz CT molecular complexity index is 488. The zero-order chi connectivity index (χ0) is 15.6. The number of piperazine rings is 1. The third-order valence-corrected chi connectivity index (χ3v) is 4.50. The van der Waals surface area contributed by atoms with Gasteiger partial charge in [0, 0.05) is 36.8 Å². The Morgan fingerprint density at radius 2 is 2.14 bits per heavy atom. The van der Waals surface area contributed by atoms with Crippen molar-refractivity contribution in [1.82, 2.24) is 10.2 Å². The molecule has 0 spiro atoms.